The number of halogens is 2. The summed E-state index contributed by atoms with van der Waals surface area (Å²) in [5.41, 5.74) is 1.96. The van der Waals surface area contributed by atoms with Gasteiger partial charge in [0.05, 0.1) is 6.61 Å². The third kappa shape index (κ3) is 4.29. The Morgan fingerprint density at radius 1 is 0.903 bits per heavy atom. The molecule has 0 saturated carbocycles. The minimum absolute atomic E-state index is 0.146. The normalized spacial score (nSPS) is 20.0. The molecule has 5 rings (SSSR count). The van der Waals surface area contributed by atoms with Crippen molar-refractivity contribution in [3.05, 3.63) is 83.9 Å². The first-order valence-electron chi connectivity index (χ1n) is 10.4. The van der Waals surface area contributed by atoms with E-state index in [1.54, 1.807) is 12.1 Å². The number of ether oxygens (including phenoxy) is 3. The fraction of sp³-hybridized carbons (Fsp3) is 0.280. The average molecular weight is 423 g/mol. The van der Waals surface area contributed by atoms with Gasteiger partial charge in [-0.15, -0.1) is 0 Å². The van der Waals surface area contributed by atoms with Gasteiger partial charge in [-0.05, 0) is 60.4 Å². The predicted octanol–water partition coefficient (Wildman–Crippen LogP) is 5.38. The van der Waals surface area contributed by atoms with Crippen molar-refractivity contribution in [3.63, 3.8) is 0 Å². The van der Waals surface area contributed by atoms with Crippen LogP contribution in [0.2, 0.25) is 0 Å². The summed E-state index contributed by atoms with van der Waals surface area (Å²) in [5.74, 6) is 1.99. The third-order valence-electron chi connectivity index (χ3n) is 6.01. The zero-order valence-corrected chi connectivity index (χ0v) is 17.0. The summed E-state index contributed by atoms with van der Waals surface area (Å²) in [6, 6.07) is 18.9. The van der Waals surface area contributed by atoms with E-state index in [1.165, 1.54) is 18.2 Å². The molecule has 0 radical (unpaired) electrons. The molecule has 2 heterocycles. The Kier molecular flexibility index (Phi) is 5.37. The quantitative estimate of drug-likeness (QED) is 0.551. The Labute approximate surface area is 180 Å². The molecular formula is C25H23F2NO3. The Bertz CT molecular complexity index is 1060. The maximum absolute atomic E-state index is 13.8. The molecule has 2 atom stereocenters. The molecule has 0 unspecified atom stereocenters. The van der Waals surface area contributed by atoms with Gasteiger partial charge in [0, 0.05) is 30.8 Å². The topological polar surface area (TPSA) is 30.9 Å². The molecule has 4 nitrogen and oxygen atoms in total. The van der Waals surface area contributed by atoms with Crippen molar-refractivity contribution in [2.75, 3.05) is 31.4 Å². The monoisotopic (exact) mass is 423 g/mol. The highest BCUT2D eigenvalue weighted by Gasteiger charge is 2.31. The third-order valence-corrected chi connectivity index (χ3v) is 6.01. The zero-order chi connectivity index (χ0) is 21.2. The van der Waals surface area contributed by atoms with Gasteiger partial charge in [0.15, 0.2) is 11.5 Å². The maximum atomic E-state index is 13.8. The van der Waals surface area contributed by atoms with Crippen LogP contribution in [0.3, 0.4) is 0 Å². The Morgan fingerprint density at radius 2 is 1.74 bits per heavy atom. The predicted molar refractivity (Wildman–Crippen MR) is 114 cm³/mol. The van der Waals surface area contributed by atoms with E-state index in [2.05, 4.69) is 4.90 Å². The highest BCUT2D eigenvalue weighted by Crippen LogP contribution is 2.38. The van der Waals surface area contributed by atoms with Gasteiger partial charge in [-0.2, -0.15) is 0 Å². The Morgan fingerprint density at radius 3 is 2.58 bits per heavy atom. The minimum Gasteiger partial charge on any atom is -0.493 e. The molecule has 2 aliphatic heterocycles. The van der Waals surface area contributed by atoms with E-state index < -0.39 is 0 Å². The van der Waals surface area contributed by atoms with E-state index in [0.717, 1.165) is 30.8 Å². The molecule has 3 aromatic rings. The molecule has 31 heavy (non-hydrogen) atoms. The second-order valence-electron chi connectivity index (χ2n) is 7.96. The summed E-state index contributed by atoms with van der Waals surface area (Å²) in [6.45, 7) is 2.21. The first-order chi connectivity index (χ1) is 15.2. The van der Waals surface area contributed by atoms with Crippen molar-refractivity contribution >= 4 is 5.69 Å². The summed E-state index contributed by atoms with van der Waals surface area (Å²) in [4.78, 5) is 2.19. The van der Waals surface area contributed by atoms with E-state index >= 15 is 0 Å². The van der Waals surface area contributed by atoms with Crippen LogP contribution >= 0.6 is 0 Å². The fourth-order valence-electron chi connectivity index (χ4n) is 4.43. The first-order valence-corrected chi connectivity index (χ1v) is 10.4. The van der Waals surface area contributed by atoms with Crippen molar-refractivity contribution in [2.45, 2.75) is 12.3 Å². The number of anilines is 1. The van der Waals surface area contributed by atoms with Gasteiger partial charge < -0.3 is 19.1 Å². The lowest BCUT2D eigenvalue weighted by atomic mass is 9.80. The smallest absolute Gasteiger partial charge is 0.231 e. The van der Waals surface area contributed by atoms with Gasteiger partial charge in [-0.25, -0.2) is 8.78 Å². The van der Waals surface area contributed by atoms with Crippen LogP contribution in [0.25, 0.3) is 0 Å². The van der Waals surface area contributed by atoms with Gasteiger partial charge in [0.25, 0.3) is 0 Å². The van der Waals surface area contributed by atoms with Gasteiger partial charge in [-0.1, -0.05) is 18.2 Å². The van der Waals surface area contributed by atoms with Crippen LogP contribution in [0.15, 0.2) is 66.7 Å². The second kappa shape index (κ2) is 8.46. The van der Waals surface area contributed by atoms with Crippen molar-refractivity contribution in [1.29, 1.82) is 0 Å². The van der Waals surface area contributed by atoms with Crippen molar-refractivity contribution in [1.82, 2.24) is 0 Å². The van der Waals surface area contributed by atoms with Crippen molar-refractivity contribution < 1.29 is 23.0 Å². The largest absolute Gasteiger partial charge is 0.493 e. The number of fused-ring (bicyclic) bond motifs is 1. The fourth-order valence-corrected chi connectivity index (χ4v) is 4.43. The number of nitrogens with zero attached hydrogens (tertiary/aromatic N) is 1. The highest BCUT2D eigenvalue weighted by atomic mass is 19.1. The van der Waals surface area contributed by atoms with Gasteiger partial charge in [0.1, 0.15) is 17.4 Å². The Balaban J connectivity index is 1.36. The molecular weight excluding hydrogens is 400 g/mol. The molecule has 0 N–H and O–H groups in total. The lowest BCUT2D eigenvalue weighted by Gasteiger charge is -2.40. The van der Waals surface area contributed by atoms with E-state index in [0.29, 0.717) is 23.9 Å². The van der Waals surface area contributed by atoms with E-state index in [1.807, 2.05) is 36.4 Å². The standard InChI is InChI=1S/C25H23F2NO3/c26-19-6-4-17(5-7-19)23-10-11-28(21-3-1-2-20(27)12-21)14-18(23)15-29-22-8-9-24-25(13-22)31-16-30-24/h1-9,12-13,18,23H,10-11,14-16H2/t18-,23-/m0/s1. The molecule has 1 fully saturated rings. The number of piperidine rings is 1. The molecule has 0 spiro atoms. The average Bonchev–Trinajstić information content (AvgIpc) is 3.26. The number of hydrogen-bond donors (Lipinski definition) is 0. The van der Waals surface area contributed by atoms with Crippen LogP contribution in [-0.4, -0.2) is 26.5 Å². The Hall–Kier alpha value is -3.28. The summed E-state index contributed by atoms with van der Waals surface area (Å²) >= 11 is 0. The molecule has 0 aliphatic carbocycles. The maximum Gasteiger partial charge on any atom is 0.231 e. The number of benzene rings is 3. The van der Waals surface area contributed by atoms with Crippen LogP contribution < -0.4 is 19.1 Å². The van der Waals surface area contributed by atoms with Gasteiger partial charge >= 0.3 is 0 Å². The molecule has 6 heteroatoms. The lowest BCUT2D eigenvalue weighted by molar-refractivity contribution is 0.173. The summed E-state index contributed by atoms with van der Waals surface area (Å²) in [5, 5.41) is 0. The molecule has 160 valence electrons. The lowest BCUT2D eigenvalue weighted by Crippen LogP contribution is -2.42. The second-order valence-corrected chi connectivity index (χ2v) is 7.96. The van der Waals surface area contributed by atoms with Gasteiger partial charge in [0.2, 0.25) is 6.79 Å². The van der Waals surface area contributed by atoms with Crippen LogP contribution in [0.1, 0.15) is 17.9 Å². The molecule has 0 aromatic heterocycles. The minimum atomic E-state index is -0.244. The molecule has 0 bridgehead atoms. The van der Waals surface area contributed by atoms with E-state index in [9.17, 15) is 8.78 Å². The van der Waals surface area contributed by atoms with Crippen molar-refractivity contribution in [2.24, 2.45) is 5.92 Å². The SMILES string of the molecule is Fc1ccc([C@@H]2CCN(c3cccc(F)c3)C[C@H]2COc2ccc3c(c2)OCO3)cc1. The summed E-state index contributed by atoms with van der Waals surface area (Å²) < 4.78 is 44.2. The first kappa shape index (κ1) is 19.7. The molecule has 0 amide bonds. The highest BCUT2D eigenvalue weighted by molar-refractivity contribution is 5.48. The molecule has 2 aliphatic rings. The van der Waals surface area contributed by atoms with Crippen molar-refractivity contribution in [3.8, 4) is 17.2 Å². The van der Waals surface area contributed by atoms with Crippen LogP contribution in [-0.2, 0) is 0 Å². The summed E-state index contributed by atoms with van der Waals surface area (Å²) in [6.07, 6.45) is 0.872. The van der Waals surface area contributed by atoms with E-state index in [-0.39, 0.29) is 30.3 Å². The van der Waals surface area contributed by atoms with Gasteiger partial charge in [-0.3, -0.25) is 0 Å². The number of hydrogen-bond acceptors (Lipinski definition) is 4. The van der Waals surface area contributed by atoms with Crippen LogP contribution in [0, 0.1) is 17.6 Å². The summed E-state index contributed by atoms with van der Waals surface area (Å²) in [7, 11) is 0. The zero-order valence-electron chi connectivity index (χ0n) is 17.0. The van der Waals surface area contributed by atoms with Crippen LogP contribution in [0.4, 0.5) is 14.5 Å². The number of rotatable bonds is 5. The molecule has 3 aromatic carbocycles. The molecule has 1 saturated heterocycles. The van der Waals surface area contributed by atoms with Crippen LogP contribution in [0.5, 0.6) is 17.2 Å². The van der Waals surface area contributed by atoms with E-state index in [4.69, 9.17) is 14.2 Å².